The zero-order valence-corrected chi connectivity index (χ0v) is 11.6. The van der Waals surface area contributed by atoms with Gasteiger partial charge in [-0.2, -0.15) is 0 Å². The third-order valence-corrected chi connectivity index (χ3v) is 3.57. The fourth-order valence-electron chi connectivity index (χ4n) is 2.50. The lowest BCUT2D eigenvalue weighted by molar-refractivity contribution is 0.266. The van der Waals surface area contributed by atoms with Gasteiger partial charge in [0.2, 0.25) is 0 Å². The summed E-state index contributed by atoms with van der Waals surface area (Å²) in [6, 6.07) is 0.194. The van der Waals surface area contributed by atoms with Gasteiger partial charge >= 0.3 is 0 Å². The third-order valence-electron chi connectivity index (χ3n) is 3.57. The fourth-order valence-corrected chi connectivity index (χ4v) is 2.50. The van der Waals surface area contributed by atoms with E-state index < -0.39 is 0 Å². The van der Waals surface area contributed by atoms with Gasteiger partial charge in [0.25, 0.3) is 0 Å². The molecule has 1 aromatic heterocycles. The highest BCUT2D eigenvalue weighted by atomic mass is 16.3. The van der Waals surface area contributed by atoms with Crippen molar-refractivity contribution < 1.29 is 5.11 Å². The highest BCUT2D eigenvalue weighted by molar-refractivity contribution is 5.61. The third kappa shape index (κ3) is 3.53. The molecule has 0 amide bonds. The number of rotatable bonds is 6. The van der Waals surface area contributed by atoms with E-state index in [9.17, 15) is 5.11 Å². The molecule has 1 N–H and O–H groups in total. The van der Waals surface area contributed by atoms with Gasteiger partial charge in [0.15, 0.2) is 5.82 Å². The maximum absolute atomic E-state index is 9.43. The lowest BCUT2D eigenvalue weighted by Crippen LogP contribution is -2.33. The molecule has 2 heterocycles. The zero-order valence-electron chi connectivity index (χ0n) is 11.6. The molecular formula is C15H23N3O. The highest BCUT2D eigenvalue weighted by Gasteiger charge is 2.26. The maximum Gasteiger partial charge on any atom is 0.154 e. The first-order valence-electron chi connectivity index (χ1n) is 7.22. The summed E-state index contributed by atoms with van der Waals surface area (Å²) in [5, 5.41) is 9.43. The number of anilines is 1. The largest absolute Gasteiger partial charge is 0.394 e. The number of allylic oxidation sites excluding steroid dienone is 1. The fraction of sp³-hybridized carbons (Fsp3) is 0.600. The van der Waals surface area contributed by atoms with E-state index in [-0.39, 0.29) is 12.6 Å². The molecule has 1 unspecified atom stereocenters. The van der Waals surface area contributed by atoms with Crippen LogP contribution in [0.5, 0.6) is 0 Å². The second-order valence-electron chi connectivity index (χ2n) is 4.98. The average molecular weight is 261 g/mol. The van der Waals surface area contributed by atoms with Gasteiger partial charge in [-0.15, -0.1) is 0 Å². The molecule has 2 rings (SSSR count). The summed E-state index contributed by atoms with van der Waals surface area (Å²) in [7, 11) is 0. The van der Waals surface area contributed by atoms with E-state index in [1.165, 1.54) is 12.8 Å². The molecule has 1 aromatic rings. The van der Waals surface area contributed by atoms with Crippen LogP contribution in [0.25, 0.3) is 6.08 Å². The molecule has 1 atom stereocenters. The van der Waals surface area contributed by atoms with Crippen LogP contribution >= 0.6 is 0 Å². The summed E-state index contributed by atoms with van der Waals surface area (Å²) in [5.41, 5.74) is 0.916. The summed E-state index contributed by atoms with van der Waals surface area (Å²) in [6.45, 7) is 3.34. The van der Waals surface area contributed by atoms with E-state index in [0.717, 1.165) is 37.3 Å². The Morgan fingerprint density at radius 1 is 1.42 bits per heavy atom. The molecule has 0 spiro atoms. The number of aromatic nitrogens is 2. The van der Waals surface area contributed by atoms with Gasteiger partial charge in [-0.3, -0.25) is 4.98 Å². The Labute approximate surface area is 115 Å². The molecule has 4 nitrogen and oxygen atoms in total. The molecule has 4 heteroatoms. The van der Waals surface area contributed by atoms with Crippen molar-refractivity contribution >= 4 is 11.9 Å². The van der Waals surface area contributed by atoms with Gasteiger partial charge in [0.1, 0.15) is 5.69 Å². The Morgan fingerprint density at radius 2 is 2.26 bits per heavy atom. The van der Waals surface area contributed by atoms with Crippen molar-refractivity contribution in [3.05, 3.63) is 24.2 Å². The topological polar surface area (TPSA) is 49.2 Å². The predicted molar refractivity (Wildman–Crippen MR) is 78.0 cm³/mol. The zero-order chi connectivity index (χ0) is 13.5. The van der Waals surface area contributed by atoms with Crippen LogP contribution < -0.4 is 4.90 Å². The van der Waals surface area contributed by atoms with Gasteiger partial charge < -0.3 is 10.0 Å². The number of unbranched alkanes of at least 4 members (excludes halogenated alkanes) is 2. The van der Waals surface area contributed by atoms with Crippen LogP contribution in [0.3, 0.4) is 0 Å². The SMILES string of the molecule is CCCC/C=C/c1nccnc1N1CCCC1CO. The van der Waals surface area contributed by atoms with Crippen LogP contribution in [0, 0.1) is 0 Å². The molecule has 0 aromatic carbocycles. The molecule has 0 bridgehead atoms. The van der Waals surface area contributed by atoms with Gasteiger partial charge in [-0.05, 0) is 25.3 Å². The van der Waals surface area contributed by atoms with E-state index in [2.05, 4.69) is 33.9 Å². The molecule has 1 saturated heterocycles. The van der Waals surface area contributed by atoms with Gasteiger partial charge in [0, 0.05) is 18.9 Å². The van der Waals surface area contributed by atoms with Crippen molar-refractivity contribution in [3.8, 4) is 0 Å². The molecule has 1 aliphatic heterocycles. The highest BCUT2D eigenvalue weighted by Crippen LogP contribution is 2.26. The average Bonchev–Trinajstić information content (AvgIpc) is 2.92. The normalized spacial score (nSPS) is 19.5. The maximum atomic E-state index is 9.43. The second kappa shape index (κ2) is 7.24. The minimum Gasteiger partial charge on any atom is -0.394 e. The van der Waals surface area contributed by atoms with Crippen LogP contribution in [0.1, 0.15) is 44.7 Å². The quantitative estimate of drug-likeness (QED) is 0.800. The minimum atomic E-state index is 0.190. The Hall–Kier alpha value is -1.42. The number of hydrogen-bond donors (Lipinski definition) is 1. The molecule has 19 heavy (non-hydrogen) atoms. The standard InChI is InChI=1S/C15H23N3O/c1-2-3-4-5-8-14-15(17-10-9-16-14)18-11-6-7-13(18)12-19/h5,8-10,13,19H,2-4,6-7,11-12H2,1H3/b8-5+. The predicted octanol–water partition coefficient (Wildman–Crippen LogP) is 2.64. The van der Waals surface area contributed by atoms with Gasteiger partial charge in [0.05, 0.1) is 12.6 Å². The smallest absolute Gasteiger partial charge is 0.154 e. The first-order chi connectivity index (χ1) is 9.36. The Bertz CT molecular complexity index is 420. The van der Waals surface area contributed by atoms with Gasteiger partial charge in [-0.25, -0.2) is 4.98 Å². The number of hydrogen-bond acceptors (Lipinski definition) is 4. The summed E-state index contributed by atoms with van der Waals surface area (Å²) in [5.74, 6) is 0.909. The molecule has 0 saturated carbocycles. The van der Waals surface area contributed by atoms with Crippen molar-refractivity contribution in [1.82, 2.24) is 9.97 Å². The van der Waals surface area contributed by atoms with Crippen molar-refractivity contribution in [1.29, 1.82) is 0 Å². The van der Waals surface area contributed by atoms with E-state index in [1.54, 1.807) is 12.4 Å². The Balaban J connectivity index is 2.13. The number of aliphatic hydroxyl groups excluding tert-OH is 1. The molecular weight excluding hydrogens is 238 g/mol. The van der Waals surface area contributed by atoms with Crippen molar-refractivity contribution in [2.45, 2.75) is 45.1 Å². The van der Waals surface area contributed by atoms with E-state index in [1.807, 2.05) is 0 Å². The Kier molecular flexibility index (Phi) is 5.33. The van der Waals surface area contributed by atoms with Crippen LogP contribution in [0.4, 0.5) is 5.82 Å². The number of aliphatic hydroxyl groups is 1. The Morgan fingerprint density at radius 3 is 3.05 bits per heavy atom. The summed E-state index contributed by atoms with van der Waals surface area (Å²) >= 11 is 0. The summed E-state index contributed by atoms with van der Waals surface area (Å²) < 4.78 is 0. The monoisotopic (exact) mass is 261 g/mol. The molecule has 0 aliphatic carbocycles. The summed E-state index contributed by atoms with van der Waals surface area (Å²) in [6.07, 6.45) is 13.3. The summed E-state index contributed by atoms with van der Waals surface area (Å²) in [4.78, 5) is 11.1. The number of nitrogens with zero attached hydrogens (tertiary/aromatic N) is 3. The molecule has 0 radical (unpaired) electrons. The lowest BCUT2D eigenvalue weighted by atomic mass is 10.2. The first-order valence-corrected chi connectivity index (χ1v) is 7.22. The van der Waals surface area contributed by atoms with Gasteiger partial charge in [-0.1, -0.05) is 25.8 Å². The van der Waals surface area contributed by atoms with Crippen molar-refractivity contribution in [2.24, 2.45) is 0 Å². The molecule has 1 aliphatic rings. The second-order valence-corrected chi connectivity index (χ2v) is 4.98. The first kappa shape index (κ1) is 14.0. The molecule has 1 fully saturated rings. The molecule has 104 valence electrons. The van der Waals surface area contributed by atoms with E-state index in [0.29, 0.717) is 0 Å². The van der Waals surface area contributed by atoms with E-state index in [4.69, 9.17) is 0 Å². The van der Waals surface area contributed by atoms with Crippen molar-refractivity contribution in [3.63, 3.8) is 0 Å². The van der Waals surface area contributed by atoms with Crippen LogP contribution in [-0.2, 0) is 0 Å². The van der Waals surface area contributed by atoms with Crippen LogP contribution in [-0.4, -0.2) is 34.3 Å². The van der Waals surface area contributed by atoms with Crippen LogP contribution in [0.2, 0.25) is 0 Å². The van der Waals surface area contributed by atoms with Crippen LogP contribution in [0.15, 0.2) is 18.5 Å². The lowest BCUT2D eigenvalue weighted by Gasteiger charge is -2.24. The van der Waals surface area contributed by atoms with E-state index >= 15 is 0 Å². The minimum absolute atomic E-state index is 0.190. The van der Waals surface area contributed by atoms with Crippen molar-refractivity contribution in [2.75, 3.05) is 18.1 Å².